The number of nitrogens with zero attached hydrogens (tertiary/aromatic N) is 2. The summed E-state index contributed by atoms with van der Waals surface area (Å²) in [7, 11) is 0. The lowest BCUT2D eigenvalue weighted by Crippen LogP contribution is -2.36. The van der Waals surface area contributed by atoms with Crippen LogP contribution in [0, 0.1) is 6.92 Å². The summed E-state index contributed by atoms with van der Waals surface area (Å²) in [5.74, 6) is 0. The van der Waals surface area contributed by atoms with Gasteiger partial charge in [-0.05, 0) is 56.0 Å². The van der Waals surface area contributed by atoms with Gasteiger partial charge in [-0.3, -0.25) is 4.90 Å². The van der Waals surface area contributed by atoms with Gasteiger partial charge >= 0.3 is 0 Å². The van der Waals surface area contributed by atoms with E-state index in [1.165, 1.54) is 43.6 Å². The van der Waals surface area contributed by atoms with Crippen LogP contribution in [0.2, 0.25) is 0 Å². The second kappa shape index (κ2) is 5.51. The summed E-state index contributed by atoms with van der Waals surface area (Å²) >= 11 is 0. The zero-order valence-corrected chi connectivity index (χ0v) is 11.8. The van der Waals surface area contributed by atoms with Crippen LogP contribution in [0.3, 0.4) is 0 Å². The van der Waals surface area contributed by atoms with E-state index in [1.807, 2.05) is 0 Å². The Bertz CT molecular complexity index is 446. The first-order valence-corrected chi connectivity index (χ1v) is 7.47. The van der Waals surface area contributed by atoms with E-state index in [2.05, 4.69) is 34.9 Å². The van der Waals surface area contributed by atoms with Crippen molar-refractivity contribution in [3.8, 4) is 0 Å². The molecule has 2 fully saturated rings. The number of aliphatic hydroxyl groups is 1. The molecule has 1 unspecified atom stereocenters. The van der Waals surface area contributed by atoms with Gasteiger partial charge in [-0.15, -0.1) is 0 Å². The average Bonchev–Trinajstić information content (AvgIpc) is 2.76. The van der Waals surface area contributed by atoms with E-state index in [-0.39, 0.29) is 6.61 Å². The third-order valence-electron chi connectivity index (χ3n) is 4.67. The summed E-state index contributed by atoms with van der Waals surface area (Å²) < 4.78 is 0. The summed E-state index contributed by atoms with van der Waals surface area (Å²) in [5, 5.41) is 9.27. The van der Waals surface area contributed by atoms with E-state index in [9.17, 15) is 5.11 Å². The van der Waals surface area contributed by atoms with Gasteiger partial charge in [-0.25, -0.2) is 0 Å². The molecule has 0 bridgehead atoms. The Balaban J connectivity index is 1.79. The molecule has 2 heterocycles. The Kier molecular flexibility index (Phi) is 3.76. The molecule has 2 aliphatic rings. The van der Waals surface area contributed by atoms with Crippen LogP contribution < -0.4 is 4.90 Å². The van der Waals surface area contributed by atoms with Gasteiger partial charge in [0.05, 0.1) is 6.61 Å². The lowest BCUT2D eigenvalue weighted by Gasteiger charge is -2.27. The fourth-order valence-corrected chi connectivity index (χ4v) is 3.50. The molecule has 0 aliphatic carbocycles. The van der Waals surface area contributed by atoms with Gasteiger partial charge in [-0.2, -0.15) is 0 Å². The molecule has 1 aromatic carbocycles. The average molecular weight is 260 g/mol. The fourth-order valence-electron chi connectivity index (χ4n) is 3.50. The van der Waals surface area contributed by atoms with Crippen LogP contribution in [-0.4, -0.2) is 42.2 Å². The molecule has 0 spiro atoms. The summed E-state index contributed by atoms with van der Waals surface area (Å²) in [4.78, 5) is 5.19. The van der Waals surface area contributed by atoms with Crippen LogP contribution in [0.15, 0.2) is 18.2 Å². The number of anilines is 1. The highest BCUT2D eigenvalue weighted by Gasteiger charge is 2.28. The van der Waals surface area contributed by atoms with Crippen molar-refractivity contribution in [3.05, 3.63) is 29.3 Å². The molecule has 1 N–H and O–H groups in total. The minimum absolute atomic E-state index is 0.141. The maximum Gasteiger partial charge on any atom is 0.0684 e. The van der Waals surface area contributed by atoms with E-state index < -0.39 is 0 Å². The van der Waals surface area contributed by atoms with Gasteiger partial charge in [0.1, 0.15) is 0 Å². The molecule has 3 rings (SSSR count). The number of fused-ring (bicyclic) bond motifs is 1. The Labute approximate surface area is 115 Å². The quantitative estimate of drug-likeness (QED) is 0.883. The van der Waals surface area contributed by atoms with Crippen molar-refractivity contribution in [1.82, 2.24) is 4.90 Å². The van der Waals surface area contributed by atoms with Crippen LogP contribution in [-0.2, 0) is 6.61 Å². The molecule has 0 aromatic heterocycles. The summed E-state index contributed by atoms with van der Waals surface area (Å²) in [6.45, 7) is 7.11. The monoisotopic (exact) mass is 260 g/mol. The maximum absolute atomic E-state index is 9.27. The number of rotatable bonds is 2. The molecule has 104 valence electrons. The number of benzene rings is 1. The molecule has 0 radical (unpaired) electrons. The van der Waals surface area contributed by atoms with Crippen LogP contribution >= 0.6 is 0 Å². The molecule has 19 heavy (non-hydrogen) atoms. The number of aliphatic hydroxyl groups excluding tert-OH is 1. The van der Waals surface area contributed by atoms with Crippen molar-refractivity contribution in [2.24, 2.45) is 0 Å². The molecule has 3 nitrogen and oxygen atoms in total. The van der Waals surface area contributed by atoms with E-state index in [0.717, 1.165) is 24.7 Å². The number of hydrogen-bond donors (Lipinski definition) is 1. The van der Waals surface area contributed by atoms with Crippen molar-refractivity contribution in [2.75, 3.05) is 31.1 Å². The predicted octanol–water partition coefficient (Wildman–Crippen LogP) is 2.16. The molecule has 1 atom stereocenters. The van der Waals surface area contributed by atoms with Gasteiger partial charge in [0.2, 0.25) is 0 Å². The fraction of sp³-hybridized carbons (Fsp3) is 0.625. The lowest BCUT2D eigenvalue weighted by molar-refractivity contribution is 0.273. The molecular weight excluding hydrogens is 236 g/mol. The minimum atomic E-state index is 0.141. The van der Waals surface area contributed by atoms with Gasteiger partial charge in [0.15, 0.2) is 0 Å². The highest BCUT2D eigenvalue weighted by atomic mass is 16.3. The Hall–Kier alpha value is -1.06. The highest BCUT2D eigenvalue weighted by Crippen LogP contribution is 2.26. The highest BCUT2D eigenvalue weighted by molar-refractivity contribution is 5.51. The first-order chi connectivity index (χ1) is 9.28. The zero-order chi connectivity index (χ0) is 13.2. The van der Waals surface area contributed by atoms with Crippen molar-refractivity contribution >= 4 is 5.69 Å². The summed E-state index contributed by atoms with van der Waals surface area (Å²) in [6, 6.07) is 7.22. The largest absolute Gasteiger partial charge is 0.392 e. The van der Waals surface area contributed by atoms with Crippen molar-refractivity contribution < 1.29 is 5.11 Å². The number of hydrogen-bond acceptors (Lipinski definition) is 3. The Morgan fingerprint density at radius 3 is 2.84 bits per heavy atom. The van der Waals surface area contributed by atoms with E-state index in [4.69, 9.17) is 0 Å². The van der Waals surface area contributed by atoms with Crippen LogP contribution in [0.4, 0.5) is 5.69 Å². The summed E-state index contributed by atoms with van der Waals surface area (Å²) in [6.07, 6.45) is 3.97. The van der Waals surface area contributed by atoms with Crippen molar-refractivity contribution in [2.45, 2.75) is 38.8 Å². The third kappa shape index (κ3) is 2.63. The SMILES string of the molecule is Cc1cc(N2CCCN3CCCC3C2)ccc1CO. The number of aryl methyl sites for hydroxylation is 1. The Morgan fingerprint density at radius 2 is 2.05 bits per heavy atom. The molecular formula is C16H24N2O. The zero-order valence-electron chi connectivity index (χ0n) is 11.8. The van der Waals surface area contributed by atoms with Gasteiger partial charge in [-0.1, -0.05) is 6.07 Å². The summed E-state index contributed by atoms with van der Waals surface area (Å²) in [5.41, 5.74) is 3.57. The Morgan fingerprint density at radius 1 is 1.21 bits per heavy atom. The predicted molar refractivity (Wildman–Crippen MR) is 78.5 cm³/mol. The van der Waals surface area contributed by atoms with E-state index in [1.54, 1.807) is 0 Å². The standard InChI is InChI=1S/C16H24N2O/c1-13-10-15(6-5-14(13)12-19)18-9-3-8-17-7-2-4-16(17)11-18/h5-6,10,16,19H,2-4,7-9,11-12H2,1H3. The van der Waals surface area contributed by atoms with Gasteiger partial charge in [0.25, 0.3) is 0 Å². The first-order valence-electron chi connectivity index (χ1n) is 7.47. The molecule has 2 aliphatic heterocycles. The minimum Gasteiger partial charge on any atom is -0.392 e. The van der Waals surface area contributed by atoms with Crippen molar-refractivity contribution in [3.63, 3.8) is 0 Å². The third-order valence-corrected chi connectivity index (χ3v) is 4.67. The topological polar surface area (TPSA) is 26.7 Å². The van der Waals surface area contributed by atoms with Gasteiger partial charge < -0.3 is 10.0 Å². The molecule has 3 heteroatoms. The maximum atomic E-state index is 9.27. The van der Waals surface area contributed by atoms with Crippen molar-refractivity contribution in [1.29, 1.82) is 0 Å². The second-order valence-electron chi connectivity index (χ2n) is 5.90. The molecule has 2 saturated heterocycles. The smallest absolute Gasteiger partial charge is 0.0684 e. The molecule has 1 aromatic rings. The normalized spacial score (nSPS) is 24.3. The van der Waals surface area contributed by atoms with E-state index >= 15 is 0 Å². The first kappa shape index (κ1) is 12.9. The van der Waals surface area contributed by atoms with Gasteiger partial charge in [0, 0.05) is 31.4 Å². The van der Waals surface area contributed by atoms with Crippen LogP contribution in [0.1, 0.15) is 30.4 Å². The van der Waals surface area contributed by atoms with Crippen LogP contribution in [0.25, 0.3) is 0 Å². The van der Waals surface area contributed by atoms with E-state index in [0.29, 0.717) is 0 Å². The molecule has 0 amide bonds. The second-order valence-corrected chi connectivity index (χ2v) is 5.90. The van der Waals surface area contributed by atoms with Crippen LogP contribution in [0.5, 0.6) is 0 Å². The molecule has 0 saturated carbocycles. The lowest BCUT2D eigenvalue weighted by atomic mass is 10.1.